The Bertz CT molecular complexity index is 533. The van der Waals surface area contributed by atoms with Crippen molar-refractivity contribution in [3.8, 4) is 0 Å². The van der Waals surface area contributed by atoms with E-state index in [-0.39, 0.29) is 0 Å². The summed E-state index contributed by atoms with van der Waals surface area (Å²) in [6, 6.07) is 8.32. The minimum absolute atomic E-state index is 0.818. The Kier molecular flexibility index (Phi) is 3.84. The molecule has 0 saturated carbocycles. The molecule has 0 spiro atoms. The van der Waals surface area contributed by atoms with E-state index in [9.17, 15) is 0 Å². The van der Waals surface area contributed by atoms with E-state index in [4.69, 9.17) is 0 Å². The molecule has 0 bridgehead atoms. The van der Waals surface area contributed by atoms with E-state index in [0.29, 0.717) is 0 Å². The molecule has 2 aromatic rings. The molecule has 0 saturated heterocycles. The van der Waals surface area contributed by atoms with Crippen LogP contribution in [0.15, 0.2) is 39.4 Å². The van der Waals surface area contributed by atoms with Gasteiger partial charge in [-0.15, -0.1) is 0 Å². The summed E-state index contributed by atoms with van der Waals surface area (Å²) in [5, 5.41) is 3.30. The summed E-state index contributed by atoms with van der Waals surface area (Å²) in [4.78, 5) is 4.33. The van der Waals surface area contributed by atoms with Gasteiger partial charge in [0.05, 0.1) is 4.47 Å². The summed E-state index contributed by atoms with van der Waals surface area (Å²) >= 11 is 6.87. The van der Waals surface area contributed by atoms with Crippen molar-refractivity contribution in [3.05, 3.63) is 50.5 Å². The quantitative estimate of drug-likeness (QED) is 0.822. The molecule has 0 radical (unpaired) electrons. The van der Waals surface area contributed by atoms with Gasteiger partial charge in [0.15, 0.2) is 0 Å². The first kappa shape index (κ1) is 12.6. The van der Waals surface area contributed by atoms with Crippen LogP contribution < -0.4 is 5.32 Å². The molecule has 0 unspecified atom stereocenters. The molecule has 0 aliphatic carbocycles. The van der Waals surface area contributed by atoms with Crippen LogP contribution in [0.3, 0.4) is 0 Å². The molecule has 1 N–H and O–H groups in total. The summed E-state index contributed by atoms with van der Waals surface area (Å²) < 4.78 is 1.89. The summed E-state index contributed by atoms with van der Waals surface area (Å²) in [5.41, 5.74) is 3.53. The zero-order valence-corrected chi connectivity index (χ0v) is 12.8. The molecule has 88 valence electrons. The second kappa shape index (κ2) is 5.19. The third-order valence-corrected chi connectivity index (χ3v) is 3.33. The average molecular weight is 356 g/mol. The number of aromatic nitrogens is 1. The number of nitrogens with zero attached hydrogens (tertiary/aromatic N) is 1. The van der Waals surface area contributed by atoms with Gasteiger partial charge >= 0.3 is 0 Å². The number of aryl methyl sites for hydroxylation is 2. The smallest absolute Gasteiger partial charge is 0.144 e. The van der Waals surface area contributed by atoms with Crippen LogP contribution in [0.2, 0.25) is 0 Å². The number of hydrogen-bond acceptors (Lipinski definition) is 2. The molecule has 2 nitrogen and oxygen atoms in total. The van der Waals surface area contributed by atoms with E-state index in [1.54, 1.807) is 6.20 Å². The summed E-state index contributed by atoms with van der Waals surface area (Å²) in [6.45, 7) is 4.17. The van der Waals surface area contributed by atoms with Crippen LogP contribution in [0.1, 0.15) is 11.1 Å². The Balaban J connectivity index is 2.31. The molecule has 2 rings (SSSR count). The van der Waals surface area contributed by atoms with Crippen molar-refractivity contribution < 1.29 is 0 Å². The number of anilines is 2. The van der Waals surface area contributed by atoms with Crippen LogP contribution in [-0.2, 0) is 0 Å². The van der Waals surface area contributed by atoms with Gasteiger partial charge in [-0.1, -0.05) is 6.07 Å². The lowest BCUT2D eigenvalue weighted by atomic mass is 10.1. The summed E-state index contributed by atoms with van der Waals surface area (Å²) in [6.07, 6.45) is 1.77. The van der Waals surface area contributed by atoms with Crippen molar-refractivity contribution in [2.75, 3.05) is 5.32 Å². The van der Waals surface area contributed by atoms with Crippen LogP contribution >= 0.6 is 31.9 Å². The SMILES string of the molecule is Cc1cc(C)cc(Nc2ncc(Br)cc2Br)c1. The van der Waals surface area contributed by atoms with Gasteiger partial charge in [0.25, 0.3) is 0 Å². The van der Waals surface area contributed by atoms with Crippen LogP contribution in [-0.4, -0.2) is 4.98 Å². The zero-order chi connectivity index (χ0) is 12.4. The first-order valence-corrected chi connectivity index (χ1v) is 6.79. The highest BCUT2D eigenvalue weighted by atomic mass is 79.9. The predicted octanol–water partition coefficient (Wildman–Crippen LogP) is 4.97. The van der Waals surface area contributed by atoms with Gasteiger partial charge in [-0.05, 0) is 75.0 Å². The topological polar surface area (TPSA) is 24.9 Å². The minimum atomic E-state index is 0.818. The highest BCUT2D eigenvalue weighted by Crippen LogP contribution is 2.27. The van der Waals surface area contributed by atoms with Crippen molar-refractivity contribution in [2.45, 2.75) is 13.8 Å². The highest BCUT2D eigenvalue weighted by molar-refractivity contribution is 9.11. The Morgan fingerprint density at radius 3 is 2.24 bits per heavy atom. The van der Waals surface area contributed by atoms with Crippen LogP contribution in [0.25, 0.3) is 0 Å². The number of hydrogen-bond donors (Lipinski definition) is 1. The third-order valence-electron chi connectivity index (χ3n) is 2.29. The summed E-state index contributed by atoms with van der Waals surface area (Å²) in [7, 11) is 0. The van der Waals surface area contributed by atoms with Crippen molar-refractivity contribution in [1.82, 2.24) is 4.98 Å². The fraction of sp³-hybridized carbons (Fsp3) is 0.154. The Labute approximate surface area is 118 Å². The number of nitrogens with one attached hydrogen (secondary N) is 1. The number of halogens is 2. The summed E-state index contributed by atoms with van der Waals surface area (Å²) in [5.74, 6) is 0.818. The van der Waals surface area contributed by atoms with E-state index in [0.717, 1.165) is 20.5 Å². The first-order valence-electron chi connectivity index (χ1n) is 5.21. The largest absolute Gasteiger partial charge is 0.339 e. The van der Waals surface area contributed by atoms with Gasteiger partial charge in [-0.2, -0.15) is 0 Å². The Hall–Kier alpha value is -0.870. The molecule has 0 atom stereocenters. The van der Waals surface area contributed by atoms with Gasteiger partial charge in [-0.25, -0.2) is 4.98 Å². The van der Waals surface area contributed by atoms with Gasteiger partial charge < -0.3 is 5.32 Å². The normalized spacial score (nSPS) is 10.4. The molecule has 1 aromatic carbocycles. The maximum Gasteiger partial charge on any atom is 0.144 e. The van der Waals surface area contributed by atoms with Gasteiger partial charge in [0.1, 0.15) is 5.82 Å². The second-order valence-electron chi connectivity index (χ2n) is 3.99. The number of pyridine rings is 1. The molecule has 0 amide bonds. The van der Waals surface area contributed by atoms with Gasteiger partial charge in [-0.3, -0.25) is 0 Å². The standard InChI is InChI=1S/C13H12Br2N2/c1-8-3-9(2)5-11(4-8)17-13-12(15)6-10(14)7-16-13/h3-7H,1-2H3,(H,16,17). The number of rotatable bonds is 2. The van der Waals surface area contributed by atoms with Gasteiger partial charge in [0.2, 0.25) is 0 Å². The lowest BCUT2D eigenvalue weighted by Gasteiger charge is -2.09. The van der Waals surface area contributed by atoms with E-state index < -0.39 is 0 Å². The zero-order valence-electron chi connectivity index (χ0n) is 9.59. The Morgan fingerprint density at radius 2 is 1.65 bits per heavy atom. The van der Waals surface area contributed by atoms with Crippen LogP contribution in [0, 0.1) is 13.8 Å². The molecule has 0 aliphatic rings. The third kappa shape index (κ3) is 3.30. The van der Waals surface area contributed by atoms with Crippen molar-refractivity contribution >= 4 is 43.4 Å². The molecule has 0 aliphatic heterocycles. The van der Waals surface area contributed by atoms with E-state index in [2.05, 4.69) is 74.2 Å². The van der Waals surface area contributed by atoms with E-state index >= 15 is 0 Å². The highest BCUT2D eigenvalue weighted by Gasteiger charge is 2.03. The van der Waals surface area contributed by atoms with E-state index in [1.165, 1.54) is 11.1 Å². The monoisotopic (exact) mass is 354 g/mol. The lowest BCUT2D eigenvalue weighted by Crippen LogP contribution is -1.95. The van der Waals surface area contributed by atoms with Crippen LogP contribution in [0.4, 0.5) is 11.5 Å². The van der Waals surface area contributed by atoms with E-state index in [1.807, 2.05) is 6.07 Å². The van der Waals surface area contributed by atoms with Crippen LogP contribution in [0.5, 0.6) is 0 Å². The van der Waals surface area contributed by atoms with Crippen molar-refractivity contribution in [2.24, 2.45) is 0 Å². The first-order chi connectivity index (χ1) is 8.04. The molecular weight excluding hydrogens is 344 g/mol. The maximum atomic E-state index is 4.33. The second-order valence-corrected chi connectivity index (χ2v) is 5.76. The maximum absolute atomic E-state index is 4.33. The fourth-order valence-electron chi connectivity index (χ4n) is 1.69. The molecular formula is C13H12Br2N2. The molecule has 0 fully saturated rings. The molecule has 1 aromatic heterocycles. The van der Waals surface area contributed by atoms with Crippen molar-refractivity contribution in [1.29, 1.82) is 0 Å². The number of benzene rings is 1. The fourth-order valence-corrected chi connectivity index (χ4v) is 2.78. The van der Waals surface area contributed by atoms with Crippen molar-refractivity contribution in [3.63, 3.8) is 0 Å². The molecule has 17 heavy (non-hydrogen) atoms. The van der Waals surface area contributed by atoms with Gasteiger partial charge in [0, 0.05) is 16.4 Å². The molecule has 1 heterocycles. The predicted molar refractivity (Wildman–Crippen MR) is 78.8 cm³/mol. The minimum Gasteiger partial charge on any atom is -0.339 e. The Morgan fingerprint density at radius 1 is 1.00 bits per heavy atom. The lowest BCUT2D eigenvalue weighted by molar-refractivity contribution is 1.27. The average Bonchev–Trinajstić information content (AvgIpc) is 2.21. The molecule has 4 heteroatoms.